The van der Waals surface area contributed by atoms with E-state index in [2.05, 4.69) is 66.8 Å². The van der Waals surface area contributed by atoms with Crippen molar-refractivity contribution in [2.24, 2.45) is 11.3 Å². The molecule has 1 aliphatic carbocycles. The van der Waals surface area contributed by atoms with E-state index in [-0.39, 0.29) is 15.8 Å². The van der Waals surface area contributed by atoms with Gasteiger partial charge in [0.05, 0.1) is 4.08 Å². The fraction of sp³-hybridized carbons (Fsp3) is 0.692. The lowest BCUT2D eigenvalue weighted by Gasteiger charge is -2.47. The van der Waals surface area contributed by atoms with Crippen LogP contribution in [-0.2, 0) is 9.47 Å². The predicted octanol–water partition coefficient (Wildman–Crippen LogP) is 5.40. The molecule has 3 rings (SSSR count). The molecule has 1 N–H and O–H groups in total. The van der Waals surface area contributed by atoms with Gasteiger partial charge in [-0.2, -0.15) is 0 Å². The van der Waals surface area contributed by atoms with Crippen LogP contribution in [0.3, 0.4) is 0 Å². The second-order valence-corrected chi connectivity index (χ2v) is 11.8. The van der Waals surface area contributed by atoms with Crippen LogP contribution in [0.15, 0.2) is 24.8 Å². The summed E-state index contributed by atoms with van der Waals surface area (Å²) in [6, 6.07) is 0. The van der Waals surface area contributed by atoms with Gasteiger partial charge in [-0.15, -0.1) is 30.1 Å². The normalized spacial score (nSPS) is 30.9. The number of rotatable bonds is 6. The first-order valence-corrected chi connectivity index (χ1v) is 13.5. The van der Waals surface area contributed by atoms with Crippen LogP contribution in [0.2, 0.25) is 0 Å². The number of aliphatic hydroxyl groups is 1. The third kappa shape index (κ3) is 6.59. The molecule has 0 aromatic heterocycles. The molecule has 4 atom stereocenters. The summed E-state index contributed by atoms with van der Waals surface area (Å²) >= 11 is 4.29. The van der Waals surface area contributed by atoms with Gasteiger partial charge in [0.2, 0.25) is 0 Å². The summed E-state index contributed by atoms with van der Waals surface area (Å²) < 4.78 is 11.3. The van der Waals surface area contributed by atoms with Gasteiger partial charge >= 0.3 is 0 Å². The lowest BCUT2D eigenvalue weighted by atomic mass is 9.75. The Kier molecular flexibility index (Phi) is 9.95. The zero-order chi connectivity index (χ0) is 22.0. The monoisotopic (exact) mass is 460 g/mol. The summed E-state index contributed by atoms with van der Waals surface area (Å²) in [5.74, 6) is 14.8. The number of thioether (sulfide) groups is 2. The van der Waals surface area contributed by atoms with Gasteiger partial charge in [-0.25, -0.2) is 0 Å². The zero-order valence-electron chi connectivity index (χ0n) is 18.7. The molecular formula is C26H36O3S2. The number of allylic oxidation sites excluding steroid dienone is 3. The minimum Gasteiger partial charge on any atom is -0.380 e. The lowest BCUT2D eigenvalue weighted by Crippen LogP contribution is -2.42. The maximum atomic E-state index is 10.4. The smallest absolute Gasteiger partial charge is 0.158 e. The third-order valence-corrected chi connectivity index (χ3v) is 10.7. The van der Waals surface area contributed by atoms with Crippen LogP contribution in [0.4, 0.5) is 0 Å². The summed E-state index contributed by atoms with van der Waals surface area (Å²) in [5, 5.41) is 10.4. The van der Waals surface area contributed by atoms with E-state index in [1.54, 1.807) is 12.2 Å². The minimum atomic E-state index is -0.608. The molecule has 5 heteroatoms. The highest BCUT2D eigenvalue weighted by Crippen LogP contribution is 2.66. The highest BCUT2D eigenvalue weighted by atomic mass is 32.2. The maximum Gasteiger partial charge on any atom is 0.158 e. The first-order chi connectivity index (χ1) is 15.1. The molecule has 0 bridgehead atoms. The van der Waals surface area contributed by atoms with Gasteiger partial charge in [0.1, 0.15) is 12.7 Å². The Hall–Kier alpha value is -0.820. The molecule has 3 fully saturated rings. The maximum absolute atomic E-state index is 10.4. The molecule has 3 nitrogen and oxygen atoms in total. The number of aliphatic hydroxyl groups excluding tert-OH is 1. The van der Waals surface area contributed by atoms with Crippen molar-refractivity contribution in [3.8, 4) is 23.7 Å². The molecule has 1 saturated carbocycles. The fourth-order valence-electron chi connectivity index (χ4n) is 4.85. The predicted molar refractivity (Wildman–Crippen MR) is 133 cm³/mol. The van der Waals surface area contributed by atoms with E-state index in [0.29, 0.717) is 18.9 Å². The van der Waals surface area contributed by atoms with E-state index in [1.807, 2.05) is 0 Å². The Morgan fingerprint density at radius 2 is 2.00 bits per heavy atom. The Bertz CT molecular complexity index is 729. The molecule has 0 aromatic rings. The van der Waals surface area contributed by atoms with Crippen LogP contribution in [0.25, 0.3) is 0 Å². The third-order valence-electron chi connectivity index (χ3n) is 6.74. The molecule has 2 unspecified atom stereocenters. The molecule has 1 spiro atoms. The summed E-state index contributed by atoms with van der Waals surface area (Å²) in [6.45, 7) is 7.67. The largest absolute Gasteiger partial charge is 0.380 e. The molecule has 2 aliphatic heterocycles. The van der Waals surface area contributed by atoms with E-state index in [0.717, 1.165) is 32.3 Å². The molecule has 0 aromatic carbocycles. The Labute approximate surface area is 197 Å². The molecule has 3 aliphatic rings. The molecule has 0 amide bonds. The number of hydrogen-bond acceptors (Lipinski definition) is 5. The SMILES string of the molecule is C=C[C@@H]1CCC2(SCCCS2)[C@@]1(C)CCC(O)C#C/C=C\C#CCOC1CCCCO1. The van der Waals surface area contributed by atoms with Crippen molar-refractivity contribution >= 4 is 23.5 Å². The Morgan fingerprint density at radius 3 is 2.74 bits per heavy atom. The second-order valence-electron chi connectivity index (χ2n) is 8.71. The van der Waals surface area contributed by atoms with Gasteiger partial charge in [0.25, 0.3) is 0 Å². The highest BCUT2D eigenvalue weighted by Gasteiger charge is 2.57. The van der Waals surface area contributed by atoms with E-state index in [4.69, 9.17) is 9.47 Å². The van der Waals surface area contributed by atoms with Crippen molar-refractivity contribution in [2.75, 3.05) is 24.7 Å². The molecular weight excluding hydrogens is 424 g/mol. The molecule has 2 saturated heterocycles. The van der Waals surface area contributed by atoms with Crippen molar-refractivity contribution in [1.82, 2.24) is 0 Å². The van der Waals surface area contributed by atoms with Crippen LogP contribution in [0.1, 0.15) is 58.3 Å². The first kappa shape index (κ1) is 24.8. The summed E-state index contributed by atoms with van der Waals surface area (Å²) in [5.41, 5.74) is 0.163. The van der Waals surface area contributed by atoms with E-state index in [1.165, 1.54) is 30.8 Å². The minimum absolute atomic E-state index is 0.103. The second kappa shape index (κ2) is 12.4. The standard InChI is InChI=1S/C26H36O3S2/c1-3-22-14-17-26(30-20-11-21-31-26)25(22,2)16-15-23(27)12-7-5-4-6-9-18-28-24-13-8-10-19-29-24/h3-5,22-24,27H,1,8,10-11,13-21H2,2H3/b5-4-/t22-,23?,24?,25+/m1/s1. The summed E-state index contributed by atoms with van der Waals surface area (Å²) in [4.78, 5) is 0. The summed E-state index contributed by atoms with van der Waals surface area (Å²) in [7, 11) is 0. The van der Waals surface area contributed by atoms with Crippen molar-refractivity contribution in [3.05, 3.63) is 24.8 Å². The van der Waals surface area contributed by atoms with Gasteiger partial charge in [-0.05, 0) is 86.4 Å². The average Bonchev–Trinajstić information content (AvgIpc) is 3.06. The average molecular weight is 461 g/mol. The van der Waals surface area contributed by atoms with E-state index >= 15 is 0 Å². The number of ether oxygens (including phenoxy) is 2. The van der Waals surface area contributed by atoms with E-state index in [9.17, 15) is 5.11 Å². The van der Waals surface area contributed by atoms with Gasteiger partial charge < -0.3 is 14.6 Å². The van der Waals surface area contributed by atoms with Gasteiger partial charge in [0.15, 0.2) is 6.29 Å². The fourth-order valence-corrected chi connectivity index (χ4v) is 8.79. The van der Waals surface area contributed by atoms with Crippen LogP contribution in [0, 0.1) is 35.0 Å². The number of hydrogen-bond donors (Lipinski definition) is 1. The van der Waals surface area contributed by atoms with Crippen LogP contribution in [-0.4, -0.2) is 46.3 Å². The van der Waals surface area contributed by atoms with Gasteiger partial charge in [0, 0.05) is 6.61 Å². The molecule has 170 valence electrons. The quantitative estimate of drug-likeness (QED) is 0.424. The zero-order valence-corrected chi connectivity index (χ0v) is 20.4. The first-order valence-electron chi connectivity index (χ1n) is 11.6. The van der Waals surface area contributed by atoms with Crippen LogP contribution < -0.4 is 0 Å². The molecule has 2 heterocycles. The van der Waals surface area contributed by atoms with E-state index < -0.39 is 6.10 Å². The van der Waals surface area contributed by atoms with Gasteiger partial charge in [-0.1, -0.05) is 36.7 Å². The highest BCUT2D eigenvalue weighted by molar-refractivity contribution is 8.18. The van der Waals surface area contributed by atoms with Crippen molar-refractivity contribution < 1.29 is 14.6 Å². The Morgan fingerprint density at radius 1 is 1.19 bits per heavy atom. The lowest BCUT2D eigenvalue weighted by molar-refractivity contribution is -0.154. The molecule has 31 heavy (non-hydrogen) atoms. The van der Waals surface area contributed by atoms with Crippen LogP contribution in [0.5, 0.6) is 0 Å². The molecule has 0 radical (unpaired) electrons. The Balaban J connectivity index is 1.43. The summed E-state index contributed by atoms with van der Waals surface area (Å²) in [6.07, 6.45) is 13.5. The van der Waals surface area contributed by atoms with Gasteiger partial charge in [-0.3, -0.25) is 0 Å². The topological polar surface area (TPSA) is 38.7 Å². The van der Waals surface area contributed by atoms with Crippen molar-refractivity contribution in [1.29, 1.82) is 0 Å². The van der Waals surface area contributed by atoms with Crippen molar-refractivity contribution in [2.45, 2.75) is 74.8 Å². The van der Waals surface area contributed by atoms with Crippen molar-refractivity contribution in [3.63, 3.8) is 0 Å². The van der Waals surface area contributed by atoms with Crippen LogP contribution >= 0.6 is 23.5 Å².